The predicted octanol–water partition coefficient (Wildman–Crippen LogP) is 2.11. The molecule has 14 heavy (non-hydrogen) atoms. The maximum Gasteiger partial charge on any atom is 0.139 e. The van der Waals surface area contributed by atoms with Crippen molar-refractivity contribution in [1.29, 1.82) is 0 Å². The van der Waals surface area contributed by atoms with Crippen LogP contribution in [0.4, 0.5) is 5.69 Å². The number of hydrogen-bond donors (Lipinski definition) is 2. The number of methoxy groups -OCH3 is 1. The van der Waals surface area contributed by atoms with Crippen molar-refractivity contribution in [2.24, 2.45) is 5.73 Å². The van der Waals surface area contributed by atoms with Gasteiger partial charge in [0.2, 0.25) is 0 Å². The van der Waals surface area contributed by atoms with Gasteiger partial charge in [0.25, 0.3) is 0 Å². The van der Waals surface area contributed by atoms with E-state index in [9.17, 15) is 0 Å². The highest BCUT2D eigenvalue weighted by Crippen LogP contribution is 2.27. The van der Waals surface area contributed by atoms with Crippen LogP contribution in [0.1, 0.15) is 6.92 Å². The third kappa shape index (κ3) is 2.79. The molecule has 3 nitrogen and oxygen atoms in total. The fourth-order valence-electron chi connectivity index (χ4n) is 1.09. The van der Waals surface area contributed by atoms with E-state index in [0.717, 1.165) is 5.69 Å². The summed E-state index contributed by atoms with van der Waals surface area (Å²) in [5.41, 5.74) is 6.46. The smallest absolute Gasteiger partial charge is 0.139 e. The normalized spacial score (nSPS) is 12.3. The largest absolute Gasteiger partial charge is 0.495 e. The van der Waals surface area contributed by atoms with E-state index in [1.165, 1.54) is 0 Å². The maximum absolute atomic E-state index is 5.89. The van der Waals surface area contributed by atoms with Crippen molar-refractivity contribution in [3.63, 3.8) is 0 Å². The Morgan fingerprint density at radius 3 is 2.86 bits per heavy atom. The summed E-state index contributed by atoms with van der Waals surface area (Å²) in [6.07, 6.45) is 0. The van der Waals surface area contributed by atoms with Gasteiger partial charge in [0.1, 0.15) is 5.75 Å². The first kappa shape index (κ1) is 11.1. The van der Waals surface area contributed by atoms with E-state index in [-0.39, 0.29) is 6.04 Å². The Hall–Kier alpha value is -0.930. The minimum Gasteiger partial charge on any atom is -0.495 e. The maximum atomic E-state index is 5.89. The van der Waals surface area contributed by atoms with E-state index in [4.69, 9.17) is 22.1 Å². The Morgan fingerprint density at radius 1 is 1.57 bits per heavy atom. The summed E-state index contributed by atoms with van der Waals surface area (Å²) < 4.78 is 5.10. The van der Waals surface area contributed by atoms with Gasteiger partial charge in [-0.2, -0.15) is 0 Å². The topological polar surface area (TPSA) is 47.3 Å². The molecule has 1 atom stereocenters. The van der Waals surface area contributed by atoms with Crippen LogP contribution in [-0.2, 0) is 0 Å². The number of benzene rings is 1. The zero-order valence-electron chi connectivity index (χ0n) is 8.38. The van der Waals surface area contributed by atoms with Crippen molar-refractivity contribution in [1.82, 2.24) is 0 Å². The Bertz CT molecular complexity index is 304. The summed E-state index contributed by atoms with van der Waals surface area (Å²) in [6, 6.07) is 5.79. The van der Waals surface area contributed by atoms with Crippen LogP contribution >= 0.6 is 11.6 Å². The Morgan fingerprint density at radius 2 is 2.29 bits per heavy atom. The molecule has 1 unspecified atom stereocenters. The highest BCUT2D eigenvalue weighted by Gasteiger charge is 2.03. The van der Waals surface area contributed by atoms with E-state index in [1.54, 1.807) is 13.2 Å². The molecule has 0 aliphatic rings. The lowest BCUT2D eigenvalue weighted by molar-refractivity contribution is 0.415. The standard InChI is InChI=1S/C10H15ClN2O/c1-7(6-12)13-8-3-4-9(11)10(5-8)14-2/h3-5,7,13H,6,12H2,1-2H3. The number of anilines is 1. The zero-order valence-corrected chi connectivity index (χ0v) is 9.14. The quantitative estimate of drug-likeness (QED) is 0.807. The minimum absolute atomic E-state index is 0.237. The van der Waals surface area contributed by atoms with E-state index in [0.29, 0.717) is 17.3 Å². The lowest BCUT2D eigenvalue weighted by atomic mass is 10.2. The van der Waals surface area contributed by atoms with E-state index >= 15 is 0 Å². The molecule has 0 heterocycles. The van der Waals surface area contributed by atoms with Gasteiger partial charge in [-0.05, 0) is 19.1 Å². The summed E-state index contributed by atoms with van der Waals surface area (Å²) in [5.74, 6) is 0.667. The lowest BCUT2D eigenvalue weighted by Gasteiger charge is -2.14. The molecule has 0 amide bonds. The van der Waals surface area contributed by atoms with Crippen LogP contribution in [0.15, 0.2) is 18.2 Å². The zero-order chi connectivity index (χ0) is 10.6. The predicted molar refractivity (Wildman–Crippen MR) is 60.1 cm³/mol. The first-order chi connectivity index (χ1) is 6.67. The van der Waals surface area contributed by atoms with Gasteiger partial charge in [0.05, 0.1) is 12.1 Å². The van der Waals surface area contributed by atoms with E-state index in [1.807, 2.05) is 19.1 Å². The molecule has 3 N–H and O–H groups in total. The molecular formula is C10H15ClN2O. The van der Waals surface area contributed by atoms with Crippen LogP contribution in [0, 0.1) is 0 Å². The number of nitrogens with two attached hydrogens (primary N) is 1. The second-order valence-corrected chi connectivity index (χ2v) is 3.54. The van der Waals surface area contributed by atoms with Crippen molar-refractivity contribution in [3.05, 3.63) is 23.2 Å². The monoisotopic (exact) mass is 214 g/mol. The molecule has 1 aromatic carbocycles. The van der Waals surface area contributed by atoms with Crippen molar-refractivity contribution in [2.75, 3.05) is 19.0 Å². The summed E-state index contributed by atoms with van der Waals surface area (Å²) >= 11 is 5.89. The average Bonchev–Trinajstić information content (AvgIpc) is 2.20. The molecule has 4 heteroatoms. The van der Waals surface area contributed by atoms with Crippen molar-refractivity contribution in [2.45, 2.75) is 13.0 Å². The number of hydrogen-bond acceptors (Lipinski definition) is 3. The Kier molecular flexibility index (Phi) is 4.04. The highest BCUT2D eigenvalue weighted by molar-refractivity contribution is 6.32. The fourth-order valence-corrected chi connectivity index (χ4v) is 1.29. The summed E-state index contributed by atoms with van der Waals surface area (Å²) in [5, 5.41) is 3.84. The molecule has 1 aromatic rings. The third-order valence-electron chi connectivity index (χ3n) is 1.92. The molecule has 0 fully saturated rings. The molecule has 0 bridgehead atoms. The van der Waals surface area contributed by atoms with Crippen LogP contribution in [0.5, 0.6) is 5.75 Å². The van der Waals surface area contributed by atoms with Gasteiger partial charge in [0, 0.05) is 24.3 Å². The SMILES string of the molecule is COc1cc(NC(C)CN)ccc1Cl. The molecule has 0 saturated heterocycles. The molecule has 1 rings (SSSR count). The van der Waals surface area contributed by atoms with Crippen LogP contribution < -0.4 is 15.8 Å². The summed E-state index contributed by atoms with van der Waals surface area (Å²) in [7, 11) is 1.59. The minimum atomic E-state index is 0.237. The number of ether oxygens (including phenoxy) is 1. The number of nitrogens with one attached hydrogen (secondary N) is 1. The highest BCUT2D eigenvalue weighted by atomic mass is 35.5. The first-order valence-electron chi connectivity index (χ1n) is 4.47. The Balaban J connectivity index is 2.79. The van der Waals surface area contributed by atoms with Gasteiger partial charge in [-0.3, -0.25) is 0 Å². The molecule has 0 saturated carbocycles. The molecule has 0 aliphatic carbocycles. The molecule has 78 valence electrons. The van der Waals surface area contributed by atoms with Crippen LogP contribution in [0.2, 0.25) is 5.02 Å². The Labute approximate surface area is 89.2 Å². The average molecular weight is 215 g/mol. The number of rotatable bonds is 4. The summed E-state index contributed by atoms with van der Waals surface area (Å²) in [4.78, 5) is 0. The second-order valence-electron chi connectivity index (χ2n) is 3.13. The van der Waals surface area contributed by atoms with Crippen LogP contribution in [0.3, 0.4) is 0 Å². The second kappa shape index (κ2) is 5.08. The first-order valence-corrected chi connectivity index (χ1v) is 4.85. The lowest BCUT2D eigenvalue weighted by Crippen LogP contribution is -2.25. The molecule has 0 aromatic heterocycles. The van der Waals surface area contributed by atoms with E-state index in [2.05, 4.69) is 5.32 Å². The fraction of sp³-hybridized carbons (Fsp3) is 0.400. The summed E-state index contributed by atoms with van der Waals surface area (Å²) in [6.45, 7) is 2.60. The van der Waals surface area contributed by atoms with Gasteiger partial charge < -0.3 is 15.8 Å². The van der Waals surface area contributed by atoms with Crippen LogP contribution in [-0.4, -0.2) is 19.7 Å². The van der Waals surface area contributed by atoms with Gasteiger partial charge in [-0.1, -0.05) is 11.6 Å². The van der Waals surface area contributed by atoms with Crippen molar-refractivity contribution < 1.29 is 4.74 Å². The van der Waals surface area contributed by atoms with Crippen LogP contribution in [0.25, 0.3) is 0 Å². The van der Waals surface area contributed by atoms with Gasteiger partial charge in [-0.15, -0.1) is 0 Å². The van der Waals surface area contributed by atoms with Gasteiger partial charge >= 0.3 is 0 Å². The molecule has 0 aliphatic heterocycles. The molecule has 0 spiro atoms. The van der Waals surface area contributed by atoms with Crippen molar-refractivity contribution >= 4 is 17.3 Å². The molecular weight excluding hydrogens is 200 g/mol. The third-order valence-corrected chi connectivity index (χ3v) is 2.23. The van der Waals surface area contributed by atoms with Gasteiger partial charge in [-0.25, -0.2) is 0 Å². The molecule has 0 radical (unpaired) electrons. The van der Waals surface area contributed by atoms with Gasteiger partial charge in [0.15, 0.2) is 0 Å². The van der Waals surface area contributed by atoms with E-state index < -0.39 is 0 Å². The van der Waals surface area contributed by atoms with Crippen molar-refractivity contribution in [3.8, 4) is 5.75 Å². The number of halogens is 1.